The van der Waals surface area contributed by atoms with Gasteiger partial charge in [-0.2, -0.15) is 0 Å². The summed E-state index contributed by atoms with van der Waals surface area (Å²) >= 11 is 0. The van der Waals surface area contributed by atoms with Crippen LogP contribution in [0.2, 0.25) is 0 Å². The molecule has 0 atom stereocenters. The van der Waals surface area contributed by atoms with Crippen molar-refractivity contribution in [2.75, 3.05) is 13.9 Å². The monoisotopic (exact) mass is 198 g/mol. The van der Waals surface area contributed by atoms with Crippen molar-refractivity contribution in [2.24, 2.45) is 0 Å². The fourth-order valence-corrected chi connectivity index (χ4v) is 1.27. The van der Waals surface area contributed by atoms with Gasteiger partial charge >= 0.3 is 0 Å². The van der Waals surface area contributed by atoms with Crippen molar-refractivity contribution in [3.05, 3.63) is 17.4 Å². The minimum absolute atomic E-state index is 0.0111. The maximum absolute atomic E-state index is 13.4. The number of fused-ring (bicyclic) bond motifs is 1. The summed E-state index contributed by atoms with van der Waals surface area (Å²) in [7, 11) is 1.31. The third-order valence-corrected chi connectivity index (χ3v) is 1.94. The SMILES string of the molecule is COc1cc2c(c(C=O)c1F)OCO2. The fraction of sp³-hybridized carbons (Fsp3) is 0.222. The number of ether oxygens (including phenoxy) is 3. The van der Waals surface area contributed by atoms with Gasteiger partial charge in [0.1, 0.15) is 0 Å². The molecule has 1 aliphatic rings. The maximum Gasteiger partial charge on any atom is 0.231 e. The predicted molar refractivity (Wildman–Crippen MR) is 44.5 cm³/mol. The van der Waals surface area contributed by atoms with Crippen LogP contribution in [0.15, 0.2) is 6.07 Å². The van der Waals surface area contributed by atoms with Gasteiger partial charge in [-0.25, -0.2) is 4.39 Å². The number of aldehydes is 1. The molecule has 0 saturated carbocycles. The summed E-state index contributed by atoms with van der Waals surface area (Å²) in [4.78, 5) is 10.6. The van der Waals surface area contributed by atoms with E-state index in [0.717, 1.165) is 0 Å². The van der Waals surface area contributed by atoms with Crippen LogP contribution >= 0.6 is 0 Å². The van der Waals surface area contributed by atoms with Gasteiger partial charge in [0.05, 0.1) is 12.7 Å². The molecule has 0 amide bonds. The van der Waals surface area contributed by atoms with Crippen LogP contribution in [0.1, 0.15) is 10.4 Å². The lowest BCUT2D eigenvalue weighted by Crippen LogP contribution is -1.96. The number of halogens is 1. The van der Waals surface area contributed by atoms with Gasteiger partial charge in [-0.1, -0.05) is 0 Å². The predicted octanol–water partition coefficient (Wildman–Crippen LogP) is 1.38. The van der Waals surface area contributed by atoms with Crippen LogP contribution in [0.5, 0.6) is 17.2 Å². The number of hydrogen-bond acceptors (Lipinski definition) is 4. The zero-order valence-electron chi connectivity index (χ0n) is 7.37. The van der Waals surface area contributed by atoms with Gasteiger partial charge in [-0.05, 0) is 0 Å². The van der Waals surface area contributed by atoms with E-state index in [4.69, 9.17) is 14.2 Å². The van der Waals surface area contributed by atoms with Crippen molar-refractivity contribution in [3.8, 4) is 17.2 Å². The normalized spacial score (nSPS) is 12.7. The fourth-order valence-electron chi connectivity index (χ4n) is 1.27. The van der Waals surface area contributed by atoms with Crippen LogP contribution in [-0.2, 0) is 0 Å². The summed E-state index contributed by atoms with van der Waals surface area (Å²) in [5, 5.41) is 0. The Morgan fingerprint density at radius 1 is 1.57 bits per heavy atom. The molecule has 0 unspecified atom stereocenters. The van der Waals surface area contributed by atoms with Crippen LogP contribution < -0.4 is 14.2 Å². The molecule has 1 heterocycles. The van der Waals surface area contributed by atoms with E-state index in [1.165, 1.54) is 13.2 Å². The number of carbonyl (C=O) groups excluding carboxylic acids is 1. The Morgan fingerprint density at radius 3 is 3.00 bits per heavy atom. The van der Waals surface area contributed by atoms with Crippen LogP contribution in [0.4, 0.5) is 4.39 Å². The number of carbonyl (C=O) groups is 1. The number of methoxy groups -OCH3 is 1. The minimum atomic E-state index is -0.730. The molecule has 0 spiro atoms. The van der Waals surface area contributed by atoms with E-state index in [0.29, 0.717) is 12.0 Å². The smallest absolute Gasteiger partial charge is 0.231 e. The molecule has 0 radical (unpaired) electrons. The average molecular weight is 198 g/mol. The Kier molecular flexibility index (Phi) is 1.99. The number of rotatable bonds is 2. The molecule has 14 heavy (non-hydrogen) atoms. The van der Waals surface area contributed by atoms with Gasteiger partial charge in [0.25, 0.3) is 0 Å². The minimum Gasteiger partial charge on any atom is -0.494 e. The molecule has 0 aliphatic carbocycles. The van der Waals surface area contributed by atoms with E-state index in [1.807, 2.05) is 0 Å². The first-order valence-electron chi connectivity index (χ1n) is 3.89. The Hall–Kier alpha value is -1.78. The van der Waals surface area contributed by atoms with E-state index in [-0.39, 0.29) is 23.9 Å². The standard InChI is InChI=1S/C9H7FO4/c1-12-6-2-7-9(14-4-13-7)5(3-11)8(6)10/h2-3H,4H2,1H3. The van der Waals surface area contributed by atoms with Crippen LogP contribution in [0.3, 0.4) is 0 Å². The molecule has 0 aromatic heterocycles. The maximum atomic E-state index is 13.4. The second kappa shape index (κ2) is 3.17. The molecule has 2 rings (SSSR count). The highest BCUT2D eigenvalue weighted by Gasteiger charge is 2.24. The van der Waals surface area contributed by atoms with Crippen molar-refractivity contribution in [1.29, 1.82) is 0 Å². The summed E-state index contributed by atoms with van der Waals surface area (Å²) in [6.07, 6.45) is 0.380. The Morgan fingerprint density at radius 2 is 2.36 bits per heavy atom. The lowest BCUT2D eigenvalue weighted by atomic mass is 10.2. The van der Waals surface area contributed by atoms with Crippen LogP contribution in [-0.4, -0.2) is 20.2 Å². The van der Waals surface area contributed by atoms with Gasteiger partial charge in [-0.3, -0.25) is 4.79 Å². The molecule has 4 nitrogen and oxygen atoms in total. The lowest BCUT2D eigenvalue weighted by Gasteiger charge is -2.05. The van der Waals surface area contributed by atoms with Crippen molar-refractivity contribution in [2.45, 2.75) is 0 Å². The molecule has 1 aromatic rings. The molecule has 5 heteroatoms. The van der Waals surface area contributed by atoms with Crippen molar-refractivity contribution in [3.63, 3.8) is 0 Å². The van der Waals surface area contributed by atoms with E-state index in [2.05, 4.69) is 0 Å². The quantitative estimate of drug-likeness (QED) is 0.673. The summed E-state index contributed by atoms with van der Waals surface area (Å²) in [6, 6.07) is 1.35. The van der Waals surface area contributed by atoms with E-state index >= 15 is 0 Å². The van der Waals surface area contributed by atoms with Crippen molar-refractivity contribution < 1.29 is 23.4 Å². The molecule has 0 saturated heterocycles. The van der Waals surface area contributed by atoms with Gasteiger partial charge in [0.15, 0.2) is 29.4 Å². The second-order valence-corrected chi connectivity index (χ2v) is 2.66. The highest BCUT2D eigenvalue weighted by Crippen LogP contribution is 2.40. The molecular formula is C9H7FO4. The number of hydrogen-bond donors (Lipinski definition) is 0. The lowest BCUT2D eigenvalue weighted by molar-refractivity contribution is 0.111. The van der Waals surface area contributed by atoms with Gasteiger partial charge in [0, 0.05) is 6.07 Å². The zero-order valence-corrected chi connectivity index (χ0v) is 7.37. The molecular weight excluding hydrogens is 191 g/mol. The topological polar surface area (TPSA) is 44.8 Å². The first-order chi connectivity index (χ1) is 6.77. The van der Waals surface area contributed by atoms with Gasteiger partial charge in [0.2, 0.25) is 6.79 Å². The van der Waals surface area contributed by atoms with E-state index < -0.39 is 5.82 Å². The Balaban J connectivity index is 2.66. The Bertz CT molecular complexity index is 388. The van der Waals surface area contributed by atoms with Gasteiger partial charge in [-0.15, -0.1) is 0 Å². The first-order valence-corrected chi connectivity index (χ1v) is 3.89. The van der Waals surface area contributed by atoms with Crippen LogP contribution in [0.25, 0.3) is 0 Å². The van der Waals surface area contributed by atoms with E-state index in [9.17, 15) is 9.18 Å². The van der Waals surface area contributed by atoms with Crippen molar-refractivity contribution >= 4 is 6.29 Å². The summed E-state index contributed by atoms with van der Waals surface area (Å²) in [5.74, 6) is -0.299. The molecule has 1 aromatic carbocycles. The highest BCUT2D eigenvalue weighted by atomic mass is 19.1. The molecule has 74 valence electrons. The molecule has 0 fully saturated rings. The summed E-state index contributed by atoms with van der Waals surface area (Å²) in [6.45, 7) is -0.0111. The summed E-state index contributed by atoms with van der Waals surface area (Å²) in [5.41, 5.74) is -0.170. The number of benzene rings is 1. The molecule has 0 bridgehead atoms. The highest BCUT2D eigenvalue weighted by molar-refractivity contribution is 5.83. The first kappa shape index (κ1) is 8.80. The molecule has 0 N–H and O–H groups in total. The second-order valence-electron chi connectivity index (χ2n) is 2.66. The van der Waals surface area contributed by atoms with Crippen molar-refractivity contribution in [1.82, 2.24) is 0 Å². The summed E-state index contributed by atoms with van der Waals surface area (Å²) < 4.78 is 28.1. The van der Waals surface area contributed by atoms with E-state index in [1.54, 1.807) is 0 Å². The average Bonchev–Trinajstić information content (AvgIpc) is 2.64. The van der Waals surface area contributed by atoms with Crippen LogP contribution in [0, 0.1) is 5.82 Å². The zero-order chi connectivity index (χ0) is 10.1. The molecule has 1 aliphatic heterocycles. The Labute approximate surface area is 79.2 Å². The third-order valence-electron chi connectivity index (χ3n) is 1.94. The third kappa shape index (κ3) is 1.09. The van der Waals surface area contributed by atoms with Gasteiger partial charge < -0.3 is 14.2 Å². The largest absolute Gasteiger partial charge is 0.494 e.